The second kappa shape index (κ2) is 9.00. The first-order valence-electron chi connectivity index (χ1n) is 10.8. The number of phenolic OH excluding ortho intramolecular Hbond substituents is 1. The van der Waals surface area contributed by atoms with E-state index in [9.17, 15) is 18.3 Å². The Kier molecular flexibility index (Phi) is 6.40. The van der Waals surface area contributed by atoms with Gasteiger partial charge in [-0.15, -0.1) is 0 Å². The minimum Gasteiger partial charge on any atom is -0.507 e. The van der Waals surface area contributed by atoms with Crippen LogP contribution >= 0.6 is 0 Å². The van der Waals surface area contributed by atoms with E-state index in [0.29, 0.717) is 59.5 Å². The number of aromatic hydroxyl groups is 1. The highest BCUT2D eigenvalue weighted by atomic mass is 19.4. The predicted molar refractivity (Wildman–Crippen MR) is 123 cm³/mol. The number of fused-ring (bicyclic) bond motifs is 5. The molecule has 0 spiro atoms. The van der Waals surface area contributed by atoms with Gasteiger partial charge in [-0.1, -0.05) is 6.07 Å². The number of benzene rings is 3. The van der Waals surface area contributed by atoms with E-state index in [1.807, 2.05) is 0 Å². The lowest BCUT2D eigenvalue weighted by molar-refractivity contribution is -0.137. The van der Waals surface area contributed by atoms with E-state index in [-0.39, 0.29) is 5.75 Å². The molecule has 3 aromatic carbocycles. The van der Waals surface area contributed by atoms with Gasteiger partial charge in [0.25, 0.3) is 0 Å². The SMILES string of the molecule is COCCC1(CCOC)c2cc(C(F)(F)F)ccc2-c2c1cc(O)c1cc(OC)c(OC)cc21. The van der Waals surface area contributed by atoms with Crippen LogP contribution in [0.4, 0.5) is 13.2 Å². The molecule has 5 nitrogen and oxygen atoms in total. The molecule has 0 saturated carbocycles. The molecule has 0 unspecified atom stereocenters. The monoisotopic (exact) mass is 476 g/mol. The molecule has 0 aromatic heterocycles. The summed E-state index contributed by atoms with van der Waals surface area (Å²) in [7, 11) is 6.13. The number of rotatable bonds is 8. The Balaban J connectivity index is 2.12. The van der Waals surface area contributed by atoms with Gasteiger partial charge < -0.3 is 24.1 Å². The maximum atomic E-state index is 13.7. The van der Waals surface area contributed by atoms with Crippen LogP contribution in [-0.4, -0.2) is 46.8 Å². The topological polar surface area (TPSA) is 57.2 Å². The third-order valence-corrected chi connectivity index (χ3v) is 6.73. The lowest BCUT2D eigenvalue weighted by Gasteiger charge is -2.32. The number of hydrogen-bond donors (Lipinski definition) is 1. The van der Waals surface area contributed by atoms with Crippen LogP contribution in [0.5, 0.6) is 17.2 Å². The molecule has 0 amide bonds. The Bertz CT molecular complexity index is 1210. The van der Waals surface area contributed by atoms with Crippen molar-refractivity contribution < 1.29 is 37.2 Å². The third kappa shape index (κ3) is 3.75. The van der Waals surface area contributed by atoms with E-state index >= 15 is 0 Å². The first-order valence-corrected chi connectivity index (χ1v) is 10.8. The van der Waals surface area contributed by atoms with Crippen LogP contribution in [0.3, 0.4) is 0 Å². The molecule has 1 aliphatic carbocycles. The minimum absolute atomic E-state index is 0.0118. The highest BCUT2D eigenvalue weighted by Crippen LogP contribution is 2.57. The Hall–Kier alpha value is -2.97. The zero-order valence-corrected chi connectivity index (χ0v) is 19.5. The molecule has 0 atom stereocenters. The van der Waals surface area contributed by atoms with Crippen molar-refractivity contribution in [3.63, 3.8) is 0 Å². The lowest BCUT2D eigenvalue weighted by Crippen LogP contribution is -2.29. The van der Waals surface area contributed by atoms with E-state index in [4.69, 9.17) is 18.9 Å². The number of halogens is 3. The van der Waals surface area contributed by atoms with E-state index in [1.54, 1.807) is 32.4 Å². The zero-order valence-electron chi connectivity index (χ0n) is 19.5. The van der Waals surface area contributed by atoms with Crippen LogP contribution < -0.4 is 9.47 Å². The summed E-state index contributed by atoms with van der Waals surface area (Å²) in [4.78, 5) is 0. The molecule has 8 heteroatoms. The van der Waals surface area contributed by atoms with Gasteiger partial charge in [-0.2, -0.15) is 13.2 Å². The quantitative estimate of drug-likeness (QED) is 0.437. The molecule has 0 saturated heterocycles. The largest absolute Gasteiger partial charge is 0.507 e. The summed E-state index contributed by atoms with van der Waals surface area (Å²) < 4.78 is 62.8. The number of alkyl halides is 3. The van der Waals surface area contributed by atoms with Crippen molar-refractivity contribution in [2.75, 3.05) is 41.7 Å². The fourth-order valence-corrected chi connectivity index (χ4v) is 5.09. The number of hydrogen-bond acceptors (Lipinski definition) is 5. The molecule has 0 bridgehead atoms. The molecule has 1 N–H and O–H groups in total. The van der Waals surface area contributed by atoms with Crippen molar-refractivity contribution >= 4 is 10.8 Å². The summed E-state index contributed by atoms with van der Waals surface area (Å²) in [6.45, 7) is 0.646. The molecule has 3 aromatic rings. The van der Waals surface area contributed by atoms with E-state index < -0.39 is 17.2 Å². The average molecular weight is 476 g/mol. The van der Waals surface area contributed by atoms with Crippen LogP contribution in [0.1, 0.15) is 29.5 Å². The minimum atomic E-state index is -4.49. The van der Waals surface area contributed by atoms with Crippen molar-refractivity contribution in [2.45, 2.75) is 24.4 Å². The van der Waals surface area contributed by atoms with Crippen LogP contribution in [0, 0.1) is 0 Å². The van der Waals surface area contributed by atoms with E-state index in [1.165, 1.54) is 26.4 Å². The standard InChI is InChI=1S/C26H27F3O5/c1-31-9-7-25(8-10-32-2)19-11-15(26(27,28)29)5-6-16(19)24-18-13-23(34-4)22(33-3)12-17(18)21(30)14-20(24)25/h5-6,11-14,30H,7-10H2,1-4H3. The maximum absolute atomic E-state index is 13.7. The summed E-state index contributed by atoms with van der Waals surface area (Å²) >= 11 is 0. The highest BCUT2D eigenvalue weighted by molar-refractivity contribution is 6.06. The van der Waals surface area contributed by atoms with Crippen molar-refractivity contribution in [1.29, 1.82) is 0 Å². The summed E-state index contributed by atoms with van der Waals surface area (Å²) in [6.07, 6.45) is -3.64. The van der Waals surface area contributed by atoms with E-state index in [2.05, 4.69) is 0 Å². The van der Waals surface area contributed by atoms with Crippen LogP contribution in [0.2, 0.25) is 0 Å². The van der Waals surface area contributed by atoms with Gasteiger partial charge in [-0.25, -0.2) is 0 Å². The molecule has 34 heavy (non-hydrogen) atoms. The molecule has 0 aliphatic heterocycles. The van der Waals surface area contributed by atoms with Gasteiger partial charge in [0.1, 0.15) is 5.75 Å². The van der Waals surface area contributed by atoms with Gasteiger partial charge in [0.05, 0.1) is 19.8 Å². The van der Waals surface area contributed by atoms with Gasteiger partial charge in [-0.05, 0) is 70.8 Å². The Labute approximate surface area is 196 Å². The normalized spacial score (nSPS) is 14.2. The summed E-state index contributed by atoms with van der Waals surface area (Å²) in [5.74, 6) is 0.918. The third-order valence-electron chi connectivity index (χ3n) is 6.73. The number of phenols is 1. The van der Waals surface area contributed by atoms with Gasteiger partial charge in [0.15, 0.2) is 11.5 Å². The van der Waals surface area contributed by atoms with Crippen molar-refractivity contribution in [2.24, 2.45) is 0 Å². The van der Waals surface area contributed by atoms with E-state index in [0.717, 1.165) is 17.2 Å². The molecule has 1 aliphatic rings. The van der Waals surface area contributed by atoms with Gasteiger partial charge in [-0.3, -0.25) is 0 Å². The Morgan fingerprint density at radius 1 is 0.794 bits per heavy atom. The maximum Gasteiger partial charge on any atom is 0.416 e. The molecular weight excluding hydrogens is 449 g/mol. The highest BCUT2D eigenvalue weighted by Gasteiger charge is 2.45. The molecular formula is C26H27F3O5. The fraction of sp³-hybridized carbons (Fsp3) is 0.385. The molecule has 182 valence electrons. The summed E-state index contributed by atoms with van der Waals surface area (Å²) in [5, 5.41) is 12.2. The fourth-order valence-electron chi connectivity index (χ4n) is 5.09. The predicted octanol–water partition coefficient (Wildman–Crippen LogP) is 5.92. The van der Waals surface area contributed by atoms with Gasteiger partial charge in [0, 0.05) is 38.2 Å². The Morgan fingerprint density at radius 3 is 1.91 bits per heavy atom. The van der Waals surface area contributed by atoms with Crippen LogP contribution in [0.15, 0.2) is 36.4 Å². The van der Waals surface area contributed by atoms with Crippen LogP contribution in [-0.2, 0) is 21.1 Å². The molecule has 0 radical (unpaired) electrons. The van der Waals surface area contributed by atoms with Crippen LogP contribution in [0.25, 0.3) is 21.9 Å². The number of ether oxygens (including phenoxy) is 4. The summed E-state index contributed by atoms with van der Waals surface area (Å²) in [5.41, 5.74) is 1.20. The zero-order chi connectivity index (χ0) is 24.7. The lowest BCUT2D eigenvalue weighted by atomic mass is 9.72. The first-order chi connectivity index (χ1) is 16.2. The second-order valence-electron chi connectivity index (χ2n) is 8.40. The first kappa shape index (κ1) is 24.2. The van der Waals surface area contributed by atoms with Gasteiger partial charge >= 0.3 is 6.18 Å². The summed E-state index contributed by atoms with van der Waals surface area (Å²) in [6, 6.07) is 8.94. The smallest absolute Gasteiger partial charge is 0.416 e. The average Bonchev–Trinajstić information content (AvgIpc) is 3.09. The van der Waals surface area contributed by atoms with Crippen molar-refractivity contribution in [3.05, 3.63) is 53.1 Å². The second-order valence-corrected chi connectivity index (χ2v) is 8.40. The van der Waals surface area contributed by atoms with Gasteiger partial charge in [0.2, 0.25) is 0 Å². The van der Waals surface area contributed by atoms with Crippen molar-refractivity contribution in [1.82, 2.24) is 0 Å². The Morgan fingerprint density at radius 2 is 1.38 bits per heavy atom. The molecule has 4 rings (SSSR count). The number of methoxy groups -OCH3 is 4. The molecule has 0 fully saturated rings. The van der Waals surface area contributed by atoms with Crippen molar-refractivity contribution in [3.8, 4) is 28.4 Å². The molecule has 0 heterocycles.